The van der Waals surface area contributed by atoms with E-state index in [2.05, 4.69) is 27.1 Å². The molecule has 1 amide bonds. The fourth-order valence-corrected chi connectivity index (χ4v) is 1.80. The van der Waals surface area contributed by atoms with Gasteiger partial charge in [-0.05, 0) is 24.6 Å². The Kier molecular flexibility index (Phi) is 5.02. The molecule has 0 atom stereocenters. The van der Waals surface area contributed by atoms with E-state index in [0.29, 0.717) is 17.7 Å². The molecule has 0 radical (unpaired) electrons. The summed E-state index contributed by atoms with van der Waals surface area (Å²) in [6.07, 6.45) is 4.83. The number of pyridine rings is 2. The minimum absolute atomic E-state index is 0.205. The third-order valence-corrected chi connectivity index (χ3v) is 2.93. The molecule has 3 N–H and O–H groups in total. The van der Waals surface area contributed by atoms with Crippen molar-refractivity contribution < 1.29 is 4.79 Å². The number of hydrogen-bond donors (Lipinski definition) is 2. The topological polar surface area (TPSA) is 80.9 Å². The van der Waals surface area contributed by atoms with Crippen molar-refractivity contribution in [1.82, 2.24) is 15.3 Å². The molecule has 0 aromatic carbocycles. The lowest BCUT2D eigenvalue weighted by atomic mass is 10.1. The highest BCUT2D eigenvalue weighted by molar-refractivity contribution is 5.96. The predicted molar refractivity (Wildman–Crippen MR) is 80.3 cm³/mol. The number of hydrogen-bond acceptors (Lipinski definition) is 4. The molecule has 0 aliphatic carbocycles. The lowest BCUT2D eigenvalue weighted by Gasteiger charge is -2.08. The first kappa shape index (κ1) is 14.7. The Balaban J connectivity index is 2.12. The van der Waals surface area contributed by atoms with Crippen LogP contribution in [0, 0.1) is 18.8 Å². The molecule has 2 aromatic heterocycles. The number of carbonyl (C=O) groups excluding carboxylic acids is 1. The fourth-order valence-electron chi connectivity index (χ4n) is 1.80. The van der Waals surface area contributed by atoms with E-state index in [1.54, 1.807) is 24.7 Å². The van der Waals surface area contributed by atoms with Crippen LogP contribution in [0.4, 0.5) is 0 Å². The van der Waals surface area contributed by atoms with E-state index in [4.69, 9.17) is 5.73 Å². The maximum atomic E-state index is 12.2. The first-order valence-electron chi connectivity index (χ1n) is 6.54. The zero-order valence-corrected chi connectivity index (χ0v) is 11.8. The van der Waals surface area contributed by atoms with Crippen LogP contribution in [-0.4, -0.2) is 22.4 Å². The molecule has 21 heavy (non-hydrogen) atoms. The quantitative estimate of drug-likeness (QED) is 0.823. The molecule has 0 aliphatic rings. The molecular weight excluding hydrogens is 264 g/mol. The van der Waals surface area contributed by atoms with Gasteiger partial charge in [0, 0.05) is 18.6 Å². The van der Waals surface area contributed by atoms with Crippen molar-refractivity contribution in [2.45, 2.75) is 13.5 Å². The molecule has 5 nitrogen and oxygen atoms in total. The molecular formula is C16H16N4O. The zero-order valence-electron chi connectivity index (χ0n) is 11.8. The van der Waals surface area contributed by atoms with Crippen molar-refractivity contribution in [2.75, 3.05) is 6.54 Å². The SMILES string of the molecule is Cc1cccnc1CNC(=O)c1ccncc1C#CCN. The Morgan fingerprint density at radius 1 is 1.38 bits per heavy atom. The predicted octanol–water partition coefficient (Wildman–Crippen LogP) is 1.03. The maximum absolute atomic E-state index is 12.2. The van der Waals surface area contributed by atoms with Crippen LogP contribution in [0.3, 0.4) is 0 Å². The van der Waals surface area contributed by atoms with Gasteiger partial charge < -0.3 is 11.1 Å². The number of nitrogens with one attached hydrogen (secondary N) is 1. The van der Waals surface area contributed by atoms with Gasteiger partial charge in [-0.3, -0.25) is 14.8 Å². The summed E-state index contributed by atoms with van der Waals surface area (Å²) in [5, 5.41) is 2.84. The second kappa shape index (κ2) is 7.17. The summed E-state index contributed by atoms with van der Waals surface area (Å²) in [6, 6.07) is 5.46. The number of carbonyl (C=O) groups is 1. The van der Waals surface area contributed by atoms with E-state index in [0.717, 1.165) is 11.3 Å². The van der Waals surface area contributed by atoms with Gasteiger partial charge in [-0.2, -0.15) is 0 Å². The Labute approximate surface area is 123 Å². The zero-order chi connectivity index (χ0) is 15.1. The summed E-state index contributed by atoms with van der Waals surface area (Å²) in [5.41, 5.74) is 8.28. The smallest absolute Gasteiger partial charge is 0.252 e. The standard InChI is InChI=1S/C16H16N4O/c1-12-4-3-8-19-15(12)11-20-16(21)14-6-9-18-10-13(14)5-2-7-17/h3-4,6,8-10H,7,11,17H2,1H3,(H,20,21). The minimum Gasteiger partial charge on any atom is -0.346 e. The molecule has 0 bridgehead atoms. The lowest BCUT2D eigenvalue weighted by Crippen LogP contribution is -2.24. The third-order valence-electron chi connectivity index (χ3n) is 2.93. The average molecular weight is 280 g/mol. The monoisotopic (exact) mass is 280 g/mol. The second-order valence-electron chi connectivity index (χ2n) is 4.38. The normalized spacial score (nSPS) is 9.62. The van der Waals surface area contributed by atoms with Gasteiger partial charge in [0.2, 0.25) is 0 Å². The van der Waals surface area contributed by atoms with E-state index >= 15 is 0 Å². The van der Waals surface area contributed by atoms with Gasteiger partial charge in [-0.1, -0.05) is 17.9 Å². The van der Waals surface area contributed by atoms with Crippen molar-refractivity contribution in [3.63, 3.8) is 0 Å². The highest BCUT2D eigenvalue weighted by Gasteiger charge is 2.10. The van der Waals surface area contributed by atoms with Crippen molar-refractivity contribution in [1.29, 1.82) is 0 Å². The molecule has 2 heterocycles. The summed E-state index contributed by atoms with van der Waals surface area (Å²) in [7, 11) is 0. The lowest BCUT2D eigenvalue weighted by molar-refractivity contribution is 0.0950. The van der Waals surface area contributed by atoms with E-state index in [1.165, 1.54) is 0 Å². The Morgan fingerprint density at radius 2 is 2.24 bits per heavy atom. The van der Waals surface area contributed by atoms with Crippen LogP contribution in [0.2, 0.25) is 0 Å². The van der Waals surface area contributed by atoms with Crippen LogP contribution in [-0.2, 0) is 6.54 Å². The number of amides is 1. The Morgan fingerprint density at radius 3 is 3.00 bits per heavy atom. The number of nitrogens with zero attached hydrogens (tertiary/aromatic N) is 2. The van der Waals surface area contributed by atoms with Gasteiger partial charge in [-0.25, -0.2) is 0 Å². The molecule has 106 valence electrons. The van der Waals surface area contributed by atoms with Crippen LogP contribution in [0.1, 0.15) is 27.2 Å². The van der Waals surface area contributed by atoms with Crippen LogP contribution in [0.15, 0.2) is 36.8 Å². The van der Waals surface area contributed by atoms with Crippen LogP contribution < -0.4 is 11.1 Å². The van der Waals surface area contributed by atoms with E-state index in [1.807, 2.05) is 19.1 Å². The molecule has 0 saturated heterocycles. The molecule has 2 aromatic rings. The molecule has 0 aliphatic heterocycles. The van der Waals surface area contributed by atoms with Crippen LogP contribution in [0.25, 0.3) is 0 Å². The van der Waals surface area contributed by atoms with E-state index in [-0.39, 0.29) is 12.5 Å². The molecule has 5 heteroatoms. The summed E-state index contributed by atoms with van der Waals surface area (Å²) < 4.78 is 0. The van der Waals surface area contributed by atoms with Gasteiger partial charge in [-0.15, -0.1) is 0 Å². The van der Waals surface area contributed by atoms with Gasteiger partial charge in [0.15, 0.2) is 0 Å². The largest absolute Gasteiger partial charge is 0.346 e. The number of rotatable bonds is 3. The minimum atomic E-state index is -0.205. The summed E-state index contributed by atoms with van der Waals surface area (Å²) in [5.74, 6) is 5.37. The first-order chi connectivity index (χ1) is 10.2. The summed E-state index contributed by atoms with van der Waals surface area (Å²) in [6.45, 7) is 2.57. The second-order valence-corrected chi connectivity index (χ2v) is 4.38. The van der Waals surface area contributed by atoms with Crippen molar-refractivity contribution in [3.8, 4) is 11.8 Å². The Hall–Kier alpha value is -2.71. The van der Waals surface area contributed by atoms with Gasteiger partial charge in [0.05, 0.1) is 29.9 Å². The molecule has 0 spiro atoms. The number of nitrogens with two attached hydrogens (primary N) is 1. The van der Waals surface area contributed by atoms with Crippen molar-refractivity contribution >= 4 is 5.91 Å². The average Bonchev–Trinajstić information content (AvgIpc) is 2.52. The molecule has 0 unspecified atom stereocenters. The van der Waals surface area contributed by atoms with Crippen molar-refractivity contribution in [3.05, 3.63) is 59.2 Å². The number of aryl methyl sites for hydroxylation is 1. The highest BCUT2D eigenvalue weighted by Crippen LogP contribution is 2.07. The van der Waals surface area contributed by atoms with Crippen LogP contribution in [0.5, 0.6) is 0 Å². The first-order valence-corrected chi connectivity index (χ1v) is 6.54. The third kappa shape index (κ3) is 3.88. The maximum Gasteiger partial charge on any atom is 0.252 e. The summed E-state index contributed by atoms with van der Waals surface area (Å²) in [4.78, 5) is 20.5. The number of aromatic nitrogens is 2. The molecule has 2 rings (SSSR count). The van der Waals surface area contributed by atoms with Gasteiger partial charge in [0.1, 0.15) is 0 Å². The Bertz CT molecular complexity index is 701. The van der Waals surface area contributed by atoms with Gasteiger partial charge >= 0.3 is 0 Å². The molecule has 0 saturated carbocycles. The molecule has 0 fully saturated rings. The van der Waals surface area contributed by atoms with E-state index in [9.17, 15) is 4.79 Å². The van der Waals surface area contributed by atoms with Crippen LogP contribution >= 0.6 is 0 Å². The highest BCUT2D eigenvalue weighted by atomic mass is 16.1. The van der Waals surface area contributed by atoms with E-state index < -0.39 is 0 Å². The summed E-state index contributed by atoms with van der Waals surface area (Å²) >= 11 is 0. The van der Waals surface area contributed by atoms with Crippen molar-refractivity contribution in [2.24, 2.45) is 5.73 Å². The fraction of sp³-hybridized carbons (Fsp3) is 0.188. The van der Waals surface area contributed by atoms with Gasteiger partial charge in [0.25, 0.3) is 5.91 Å².